The average molecular weight is 191 g/mol. The Balaban J connectivity index is 2.22. The zero-order chi connectivity index (χ0) is 9.97. The minimum atomic E-state index is -0.0617. The first kappa shape index (κ1) is 9.71. The van der Waals surface area contributed by atoms with Gasteiger partial charge in [0, 0.05) is 12.6 Å². The van der Waals surface area contributed by atoms with Crippen LogP contribution in [0.1, 0.15) is 12.5 Å². The van der Waals surface area contributed by atoms with Crippen molar-refractivity contribution in [2.75, 3.05) is 6.61 Å². The molecule has 1 aromatic rings. The number of hydrogen-bond acceptors (Lipinski definition) is 3. The molecule has 1 unspecified atom stereocenters. The first-order chi connectivity index (χ1) is 6.81. The fraction of sp³-hybridized carbons (Fsp3) is 0.400. The highest BCUT2D eigenvalue weighted by molar-refractivity contribution is 6.66. The molecule has 0 bridgehead atoms. The lowest BCUT2D eigenvalue weighted by atomic mass is 9.71. The van der Waals surface area contributed by atoms with Gasteiger partial charge in [0.25, 0.3) is 0 Å². The summed E-state index contributed by atoms with van der Waals surface area (Å²) in [5.74, 6) is 0. The fourth-order valence-corrected chi connectivity index (χ4v) is 1.71. The second-order valence-electron chi connectivity index (χ2n) is 3.64. The summed E-state index contributed by atoms with van der Waals surface area (Å²) in [5.41, 5.74) is 1.97. The second-order valence-corrected chi connectivity index (χ2v) is 3.64. The minimum Gasteiger partial charge on any atom is -0.416 e. The number of aliphatic hydroxyl groups excluding tert-OH is 1. The van der Waals surface area contributed by atoms with Crippen molar-refractivity contribution < 1.29 is 9.76 Å². The standard InChI is InChI=1S/C10H14BNO2/c1-8-7-14-11(12-8)10-5-3-2-4-9(10)6-13/h2-5,8,12-13H,6-7H2,1H3. The zero-order valence-electron chi connectivity index (χ0n) is 8.23. The maximum Gasteiger partial charge on any atom is 0.416 e. The fourth-order valence-electron chi connectivity index (χ4n) is 1.71. The van der Waals surface area contributed by atoms with Crippen LogP contribution < -0.4 is 10.7 Å². The Labute approximate surface area is 84.2 Å². The zero-order valence-corrected chi connectivity index (χ0v) is 8.23. The van der Waals surface area contributed by atoms with Gasteiger partial charge in [-0.3, -0.25) is 0 Å². The van der Waals surface area contributed by atoms with E-state index in [0.717, 1.165) is 17.6 Å². The van der Waals surface area contributed by atoms with Crippen molar-refractivity contribution in [2.24, 2.45) is 0 Å². The maximum absolute atomic E-state index is 9.16. The highest BCUT2D eigenvalue weighted by Gasteiger charge is 2.29. The van der Waals surface area contributed by atoms with Crippen LogP contribution in [0.3, 0.4) is 0 Å². The topological polar surface area (TPSA) is 41.5 Å². The third-order valence-electron chi connectivity index (χ3n) is 2.46. The molecule has 1 aromatic carbocycles. The van der Waals surface area contributed by atoms with Crippen LogP contribution in [0.4, 0.5) is 0 Å². The molecule has 1 atom stereocenters. The molecule has 1 heterocycles. The summed E-state index contributed by atoms with van der Waals surface area (Å²) in [7, 11) is -0.0617. The van der Waals surface area contributed by atoms with E-state index in [2.05, 4.69) is 12.2 Å². The quantitative estimate of drug-likeness (QED) is 0.640. The van der Waals surface area contributed by atoms with Gasteiger partial charge in [0.15, 0.2) is 0 Å². The van der Waals surface area contributed by atoms with Gasteiger partial charge in [-0.1, -0.05) is 24.3 Å². The Bertz CT molecular complexity index is 319. The van der Waals surface area contributed by atoms with Crippen molar-refractivity contribution in [1.29, 1.82) is 0 Å². The smallest absolute Gasteiger partial charge is 0.416 e. The normalized spacial score (nSPS) is 21.6. The van der Waals surface area contributed by atoms with Crippen LogP contribution in [0.15, 0.2) is 24.3 Å². The van der Waals surface area contributed by atoms with Crippen LogP contribution >= 0.6 is 0 Å². The first-order valence-corrected chi connectivity index (χ1v) is 4.87. The van der Waals surface area contributed by atoms with E-state index in [4.69, 9.17) is 9.76 Å². The van der Waals surface area contributed by atoms with Gasteiger partial charge in [-0.25, -0.2) is 0 Å². The third-order valence-corrected chi connectivity index (χ3v) is 2.46. The Morgan fingerprint density at radius 3 is 3.00 bits per heavy atom. The summed E-state index contributed by atoms with van der Waals surface area (Å²) >= 11 is 0. The Hall–Kier alpha value is -0.835. The number of rotatable bonds is 2. The molecule has 0 amide bonds. The molecule has 14 heavy (non-hydrogen) atoms. The molecule has 0 spiro atoms. The number of aliphatic hydroxyl groups is 1. The molecule has 3 nitrogen and oxygen atoms in total. The molecule has 0 aliphatic carbocycles. The highest BCUT2D eigenvalue weighted by Crippen LogP contribution is 2.03. The molecule has 0 aromatic heterocycles. The Morgan fingerprint density at radius 1 is 1.57 bits per heavy atom. The molecule has 2 N–H and O–H groups in total. The highest BCUT2D eigenvalue weighted by atomic mass is 16.5. The average Bonchev–Trinajstić information content (AvgIpc) is 2.65. The van der Waals surface area contributed by atoms with E-state index in [1.807, 2.05) is 24.3 Å². The van der Waals surface area contributed by atoms with Crippen molar-refractivity contribution in [1.82, 2.24) is 5.23 Å². The molecular formula is C10H14BNO2. The molecule has 0 radical (unpaired) electrons. The van der Waals surface area contributed by atoms with E-state index in [1.165, 1.54) is 0 Å². The van der Waals surface area contributed by atoms with E-state index in [0.29, 0.717) is 6.04 Å². The van der Waals surface area contributed by atoms with Gasteiger partial charge in [-0.05, 0) is 17.9 Å². The molecule has 4 heteroatoms. The summed E-state index contributed by atoms with van der Waals surface area (Å²) in [6, 6.07) is 8.17. The number of nitrogens with one attached hydrogen (secondary N) is 1. The van der Waals surface area contributed by atoms with Gasteiger partial charge in [-0.2, -0.15) is 0 Å². The summed E-state index contributed by atoms with van der Waals surface area (Å²) < 4.78 is 5.57. The summed E-state index contributed by atoms with van der Waals surface area (Å²) in [6.45, 7) is 2.87. The molecule has 2 rings (SSSR count). The van der Waals surface area contributed by atoms with Crippen LogP contribution in [0.25, 0.3) is 0 Å². The molecular weight excluding hydrogens is 177 g/mol. The predicted molar refractivity (Wildman–Crippen MR) is 56.3 cm³/mol. The number of benzene rings is 1. The van der Waals surface area contributed by atoms with E-state index < -0.39 is 0 Å². The lowest BCUT2D eigenvalue weighted by Gasteiger charge is -2.10. The molecule has 0 saturated carbocycles. The van der Waals surface area contributed by atoms with Gasteiger partial charge in [0.05, 0.1) is 6.61 Å². The Morgan fingerprint density at radius 2 is 2.36 bits per heavy atom. The summed E-state index contributed by atoms with van der Waals surface area (Å²) in [6.07, 6.45) is 0. The monoisotopic (exact) mass is 191 g/mol. The van der Waals surface area contributed by atoms with Crippen molar-refractivity contribution >= 4 is 12.5 Å². The van der Waals surface area contributed by atoms with Crippen molar-refractivity contribution in [3.63, 3.8) is 0 Å². The molecule has 74 valence electrons. The van der Waals surface area contributed by atoms with E-state index in [1.54, 1.807) is 0 Å². The van der Waals surface area contributed by atoms with Gasteiger partial charge < -0.3 is 15.0 Å². The minimum absolute atomic E-state index is 0.0616. The van der Waals surface area contributed by atoms with Crippen molar-refractivity contribution in [2.45, 2.75) is 19.6 Å². The predicted octanol–water partition coefficient (Wildman–Crippen LogP) is -0.118. The van der Waals surface area contributed by atoms with Crippen LogP contribution in [0.5, 0.6) is 0 Å². The van der Waals surface area contributed by atoms with Crippen LogP contribution in [0, 0.1) is 0 Å². The maximum atomic E-state index is 9.16. The van der Waals surface area contributed by atoms with Crippen LogP contribution in [0.2, 0.25) is 0 Å². The molecule has 1 aliphatic heterocycles. The van der Waals surface area contributed by atoms with E-state index >= 15 is 0 Å². The SMILES string of the molecule is CC1COB(c2ccccc2CO)N1. The molecule has 1 aliphatic rings. The molecule has 1 fully saturated rings. The van der Waals surface area contributed by atoms with Gasteiger partial charge in [0.2, 0.25) is 0 Å². The third kappa shape index (κ3) is 1.82. The lowest BCUT2D eigenvalue weighted by Crippen LogP contribution is -2.45. The summed E-state index contributed by atoms with van der Waals surface area (Å²) in [4.78, 5) is 0. The van der Waals surface area contributed by atoms with Gasteiger partial charge >= 0.3 is 7.05 Å². The Kier molecular flexibility index (Phi) is 2.86. The van der Waals surface area contributed by atoms with Gasteiger partial charge in [0.1, 0.15) is 0 Å². The van der Waals surface area contributed by atoms with E-state index in [-0.39, 0.29) is 13.7 Å². The second kappa shape index (κ2) is 4.13. The van der Waals surface area contributed by atoms with Crippen molar-refractivity contribution in [3.8, 4) is 0 Å². The van der Waals surface area contributed by atoms with Crippen LogP contribution in [-0.2, 0) is 11.3 Å². The molecule has 1 saturated heterocycles. The first-order valence-electron chi connectivity index (χ1n) is 4.87. The largest absolute Gasteiger partial charge is 0.416 e. The summed E-state index contributed by atoms with van der Waals surface area (Å²) in [5, 5.41) is 12.5. The van der Waals surface area contributed by atoms with Crippen LogP contribution in [-0.4, -0.2) is 24.8 Å². The van der Waals surface area contributed by atoms with E-state index in [9.17, 15) is 0 Å². The lowest BCUT2D eigenvalue weighted by molar-refractivity contribution is 0.282. The number of hydrogen-bond donors (Lipinski definition) is 2. The van der Waals surface area contributed by atoms with Gasteiger partial charge in [-0.15, -0.1) is 0 Å². The van der Waals surface area contributed by atoms with Crippen molar-refractivity contribution in [3.05, 3.63) is 29.8 Å².